The highest BCUT2D eigenvalue weighted by atomic mass is 19.1. The normalized spacial score (nSPS) is 17.8. The molecule has 5 nitrogen and oxygen atoms in total. The van der Waals surface area contributed by atoms with Crippen LogP contribution in [-0.4, -0.2) is 35.6 Å². The van der Waals surface area contributed by atoms with Gasteiger partial charge in [0.25, 0.3) is 0 Å². The molecular formula is C13H21F2N5. The van der Waals surface area contributed by atoms with Gasteiger partial charge in [-0.15, -0.1) is 0 Å². The van der Waals surface area contributed by atoms with Crippen molar-refractivity contribution >= 4 is 11.6 Å². The number of nitrogens with two attached hydrogens (primary N) is 1. The molecule has 0 bridgehead atoms. The third-order valence-corrected chi connectivity index (χ3v) is 3.43. The van der Waals surface area contributed by atoms with Crippen LogP contribution in [-0.2, 0) is 0 Å². The first-order valence-electron chi connectivity index (χ1n) is 6.91. The highest BCUT2D eigenvalue weighted by molar-refractivity contribution is 5.47. The number of likely N-dealkylation sites (tertiary alicyclic amines) is 1. The Labute approximate surface area is 117 Å². The lowest BCUT2D eigenvalue weighted by Gasteiger charge is -2.29. The number of hydrogen-bond donors (Lipinski definition) is 3. The number of aromatic nitrogens is 1. The molecule has 1 fully saturated rings. The first kappa shape index (κ1) is 14.9. The fraction of sp³-hybridized carbons (Fsp3) is 0.615. The molecule has 0 aromatic carbocycles. The summed E-state index contributed by atoms with van der Waals surface area (Å²) >= 11 is 0. The third kappa shape index (κ3) is 3.77. The van der Waals surface area contributed by atoms with Gasteiger partial charge in [-0.2, -0.15) is 0 Å². The van der Waals surface area contributed by atoms with Crippen LogP contribution in [0, 0.1) is 11.6 Å². The standard InChI is InChI=1S/C13H21F2N5/c1-9(8-20-5-3-2-4-6-20)17-12-10(14)7-11(15)13(18-12)19-16/h7,9H,2-6,8,16H2,1H3,(H2,17,18,19). The van der Waals surface area contributed by atoms with E-state index >= 15 is 0 Å². The van der Waals surface area contributed by atoms with Gasteiger partial charge in [0.15, 0.2) is 23.3 Å². The average Bonchev–Trinajstić information content (AvgIpc) is 2.43. The van der Waals surface area contributed by atoms with Gasteiger partial charge in [0.05, 0.1) is 0 Å². The fourth-order valence-corrected chi connectivity index (χ4v) is 2.48. The molecule has 2 heterocycles. The van der Waals surface area contributed by atoms with Gasteiger partial charge in [0.1, 0.15) is 0 Å². The molecule has 0 aliphatic carbocycles. The number of nitrogen functional groups attached to an aromatic ring is 1. The molecule has 0 radical (unpaired) electrons. The summed E-state index contributed by atoms with van der Waals surface area (Å²) in [6, 6.07) is 0.796. The minimum Gasteiger partial charge on any atom is -0.364 e. The topological polar surface area (TPSA) is 66.2 Å². The highest BCUT2D eigenvalue weighted by Crippen LogP contribution is 2.19. The Kier molecular flexibility index (Phi) is 5.08. The molecule has 20 heavy (non-hydrogen) atoms. The fourth-order valence-electron chi connectivity index (χ4n) is 2.48. The molecule has 1 aliphatic rings. The highest BCUT2D eigenvalue weighted by Gasteiger charge is 2.16. The summed E-state index contributed by atoms with van der Waals surface area (Å²) in [6.07, 6.45) is 3.69. The number of pyridine rings is 1. The Bertz CT molecular complexity index is 449. The number of hydrazine groups is 1. The first-order chi connectivity index (χ1) is 9.60. The second-order valence-corrected chi connectivity index (χ2v) is 5.20. The molecule has 0 amide bonds. The third-order valence-electron chi connectivity index (χ3n) is 3.43. The number of rotatable bonds is 5. The Morgan fingerprint density at radius 3 is 2.55 bits per heavy atom. The molecule has 1 saturated heterocycles. The van der Waals surface area contributed by atoms with Gasteiger partial charge >= 0.3 is 0 Å². The van der Waals surface area contributed by atoms with Crippen molar-refractivity contribution in [2.75, 3.05) is 30.4 Å². The van der Waals surface area contributed by atoms with Crippen molar-refractivity contribution < 1.29 is 8.78 Å². The lowest BCUT2D eigenvalue weighted by atomic mass is 10.1. The van der Waals surface area contributed by atoms with Crippen LogP contribution in [0.4, 0.5) is 20.4 Å². The van der Waals surface area contributed by atoms with Crippen LogP contribution in [0.15, 0.2) is 6.07 Å². The number of halogens is 2. The second-order valence-electron chi connectivity index (χ2n) is 5.20. The number of anilines is 2. The minimum atomic E-state index is -0.806. The Morgan fingerprint density at radius 1 is 1.25 bits per heavy atom. The molecule has 0 saturated carbocycles. The van der Waals surface area contributed by atoms with Gasteiger partial charge in [0.2, 0.25) is 0 Å². The predicted molar refractivity (Wildman–Crippen MR) is 75.3 cm³/mol. The van der Waals surface area contributed by atoms with Gasteiger partial charge in [0, 0.05) is 18.7 Å². The van der Waals surface area contributed by atoms with Crippen molar-refractivity contribution in [3.05, 3.63) is 17.7 Å². The van der Waals surface area contributed by atoms with Gasteiger partial charge in [-0.1, -0.05) is 6.42 Å². The first-order valence-corrected chi connectivity index (χ1v) is 6.91. The van der Waals surface area contributed by atoms with Crippen LogP contribution in [0.1, 0.15) is 26.2 Å². The number of nitrogens with one attached hydrogen (secondary N) is 2. The summed E-state index contributed by atoms with van der Waals surface area (Å²) in [4.78, 5) is 6.15. The molecule has 4 N–H and O–H groups in total. The summed E-state index contributed by atoms with van der Waals surface area (Å²) in [5.41, 5.74) is 2.11. The Balaban J connectivity index is 1.97. The van der Waals surface area contributed by atoms with E-state index in [1.165, 1.54) is 19.3 Å². The zero-order chi connectivity index (χ0) is 14.5. The van der Waals surface area contributed by atoms with E-state index in [-0.39, 0.29) is 17.7 Å². The van der Waals surface area contributed by atoms with Crippen LogP contribution < -0.4 is 16.6 Å². The van der Waals surface area contributed by atoms with Crippen molar-refractivity contribution in [2.24, 2.45) is 5.84 Å². The van der Waals surface area contributed by atoms with Crippen molar-refractivity contribution in [1.82, 2.24) is 9.88 Å². The van der Waals surface area contributed by atoms with Crippen LogP contribution in [0.25, 0.3) is 0 Å². The van der Waals surface area contributed by atoms with E-state index in [1.54, 1.807) is 0 Å². The van der Waals surface area contributed by atoms with E-state index < -0.39 is 11.6 Å². The Morgan fingerprint density at radius 2 is 1.90 bits per heavy atom. The molecule has 1 unspecified atom stereocenters. The van der Waals surface area contributed by atoms with E-state index in [4.69, 9.17) is 5.84 Å². The van der Waals surface area contributed by atoms with E-state index in [2.05, 4.69) is 20.6 Å². The number of piperidine rings is 1. The van der Waals surface area contributed by atoms with Gasteiger partial charge in [-0.25, -0.2) is 19.6 Å². The van der Waals surface area contributed by atoms with E-state index in [0.29, 0.717) is 0 Å². The summed E-state index contributed by atoms with van der Waals surface area (Å²) < 4.78 is 26.9. The maximum atomic E-state index is 13.7. The van der Waals surface area contributed by atoms with Crippen LogP contribution in [0.5, 0.6) is 0 Å². The van der Waals surface area contributed by atoms with Crippen molar-refractivity contribution in [3.8, 4) is 0 Å². The summed E-state index contributed by atoms with van der Waals surface area (Å²) in [5, 5.41) is 2.97. The quantitative estimate of drug-likeness (QED) is 0.570. The molecule has 7 heteroatoms. The largest absolute Gasteiger partial charge is 0.364 e. The van der Waals surface area contributed by atoms with E-state index in [9.17, 15) is 8.78 Å². The number of nitrogens with zero attached hydrogens (tertiary/aromatic N) is 2. The molecule has 1 aliphatic heterocycles. The maximum absolute atomic E-state index is 13.7. The predicted octanol–water partition coefficient (Wildman–Crippen LogP) is 1.93. The molecule has 0 spiro atoms. The van der Waals surface area contributed by atoms with E-state index in [1.807, 2.05) is 6.92 Å². The number of hydrogen-bond acceptors (Lipinski definition) is 5. The zero-order valence-electron chi connectivity index (χ0n) is 11.6. The van der Waals surface area contributed by atoms with Gasteiger partial charge in [-0.05, 0) is 32.9 Å². The lowest BCUT2D eigenvalue weighted by Crippen LogP contribution is -2.38. The molecule has 1 aromatic heterocycles. The summed E-state index contributed by atoms with van der Waals surface area (Å²) in [7, 11) is 0. The van der Waals surface area contributed by atoms with Crippen LogP contribution in [0.3, 0.4) is 0 Å². The molecule has 1 aromatic rings. The Hall–Kier alpha value is -1.47. The maximum Gasteiger partial charge on any atom is 0.178 e. The van der Waals surface area contributed by atoms with Gasteiger partial charge in [-0.3, -0.25) is 0 Å². The van der Waals surface area contributed by atoms with E-state index in [0.717, 1.165) is 25.7 Å². The summed E-state index contributed by atoms with van der Waals surface area (Å²) in [6.45, 7) is 4.90. The summed E-state index contributed by atoms with van der Waals surface area (Å²) in [5.74, 6) is 3.47. The molecular weight excluding hydrogens is 264 g/mol. The van der Waals surface area contributed by atoms with Crippen molar-refractivity contribution in [3.63, 3.8) is 0 Å². The average molecular weight is 285 g/mol. The van der Waals surface area contributed by atoms with Crippen LogP contribution in [0.2, 0.25) is 0 Å². The van der Waals surface area contributed by atoms with Gasteiger partial charge < -0.3 is 15.6 Å². The molecule has 1 atom stereocenters. The second kappa shape index (κ2) is 6.81. The molecule has 112 valence electrons. The lowest BCUT2D eigenvalue weighted by molar-refractivity contribution is 0.223. The zero-order valence-corrected chi connectivity index (χ0v) is 11.6. The SMILES string of the molecule is CC(CN1CCCCC1)Nc1nc(NN)c(F)cc1F. The van der Waals surface area contributed by atoms with Crippen molar-refractivity contribution in [1.29, 1.82) is 0 Å². The monoisotopic (exact) mass is 285 g/mol. The van der Waals surface area contributed by atoms with Crippen molar-refractivity contribution in [2.45, 2.75) is 32.2 Å². The molecule has 2 rings (SSSR count). The smallest absolute Gasteiger partial charge is 0.178 e. The minimum absolute atomic E-state index is 0.0175. The van der Waals surface area contributed by atoms with Crippen LogP contribution >= 0.6 is 0 Å².